The number of rotatable bonds is 4. The van der Waals surface area contributed by atoms with E-state index in [0.29, 0.717) is 25.6 Å². The van der Waals surface area contributed by atoms with Crippen molar-refractivity contribution in [2.75, 3.05) is 19.6 Å². The maximum absolute atomic E-state index is 12.2. The summed E-state index contributed by atoms with van der Waals surface area (Å²) in [5.74, 6) is 0.186. The lowest BCUT2D eigenvalue weighted by Crippen LogP contribution is -2.44. The van der Waals surface area contributed by atoms with Gasteiger partial charge in [0.15, 0.2) is 0 Å². The van der Waals surface area contributed by atoms with Gasteiger partial charge < -0.3 is 20.7 Å². The Balaban J connectivity index is 1.73. The number of hydrogen-bond donors (Lipinski definition) is 2. The molecule has 1 heterocycles. The normalized spacial score (nSPS) is 17.0. The molecule has 0 radical (unpaired) electrons. The average molecular weight is 347 g/mol. The van der Waals surface area contributed by atoms with E-state index in [2.05, 4.69) is 5.32 Å². The molecule has 6 heteroatoms. The van der Waals surface area contributed by atoms with Crippen LogP contribution in [0.5, 0.6) is 0 Å². The molecule has 2 rings (SSSR count). The molecular formula is C19H29N3O3. The molecule has 25 heavy (non-hydrogen) atoms. The second-order valence-electron chi connectivity index (χ2n) is 7.54. The van der Waals surface area contributed by atoms with Crippen LogP contribution in [-0.4, -0.2) is 42.1 Å². The summed E-state index contributed by atoms with van der Waals surface area (Å²) in [7, 11) is 0. The van der Waals surface area contributed by atoms with Gasteiger partial charge in [-0.25, -0.2) is 4.79 Å². The number of nitrogens with zero attached hydrogens (tertiary/aromatic N) is 1. The maximum atomic E-state index is 12.2. The molecule has 1 aliphatic heterocycles. The molecule has 0 aliphatic carbocycles. The van der Waals surface area contributed by atoms with Crippen LogP contribution in [0.4, 0.5) is 4.79 Å². The van der Waals surface area contributed by atoms with Crippen LogP contribution < -0.4 is 11.1 Å². The molecule has 0 unspecified atom stereocenters. The lowest BCUT2D eigenvalue weighted by Gasteiger charge is -2.33. The zero-order valence-corrected chi connectivity index (χ0v) is 15.3. The summed E-state index contributed by atoms with van der Waals surface area (Å²) in [5.41, 5.74) is 6.32. The van der Waals surface area contributed by atoms with Gasteiger partial charge in [0.1, 0.15) is 11.6 Å². The van der Waals surface area contributed by atoms with Crippen molar-refractivity contribution in [3.63, 3.8) is 0 Å². The smallest absolute Gasteiger partial charge is 0.410 e. The maximum Gasteiger partial charge on any atom is 0.410 e. The third-order valence-electron chi connectivity index (χ3n) is 4.27. The van der Waals surface area contributed by atoms with E-state index in [9.17, 15) is 9.59 Å². The van der Waals surface area contributed by atoms with Crippen LogP contribution in [0.15, 0.2) is 30.3 Å². The largest absolute Gasteiger partial charge is 0.444 e. The average Bonchev–Trinajstić information content (AvgIpc) is 2.58. The van der Waals surface area contributed by atoms with Gasteiger partial charge in [0, 0.05) is 19.6 Å². The van der Waals surface area contributed by atoms with E-state index in [1.165, 1.54) is 0 Å². The quantitative estimate of drug-likeness (QED) is 0.876. The highest BCUT2D eigenvalue weighted by Crippen LogP contribution is 2.19. The Labute approximate surface area is 149 Å². The summed E-state index contributed by atoms with van der Waals surface area (Å²) >= 11 is 0. The Morgan fingerprint density at radius 3 is 2.40 bits per heavy atom. The number of amides is 2. The molecule has 1 saturated heterocycles. The van der Waals surface area contributed by atoms with E-state index >= 15 is 0 Å². The molecule has 0 aromatic heterocycles. The second-order valence-corrected chi connectivity index (χ2v) is 7.54. The number of carbonyl (C=O) groups is 2. The summed E-state index contributed by atoms with van der Waals surface area (Å²) < 4.78 is 5.39. The van der Waals surface area contributed by atoms with Gasteiger partial charge >= 0.3 is 6.09 Å². The molecular weight excluding hydrogens is 318 g/mol. The SMILES string of the molecule is CC(C)(C)OC(=O)N1CCC(CNC(=O)[C@H](N)c2ccccc2)CC1. The van der Waals surface area contributed by atoms with Gasteiger partial charge in [-0.05, 0) is 45.1 Å². The zero-order valence-electron chi connectivity index (χ0n) is 15.3. The molecule has 1 fully saturated rings. The summed E-state index contributed by atoms with van der Waals surface area (Å²) in [6, 6.07) is 8.69. The van der Waals surface area contributed by atoms with Crippen LogP contribution in [0.2, 0.25) is 0 Å². The molecule has 6 nitrogen and oxygen atoms in total. The monoisotopic (exact) mass is 347 g/mol. The first-order valence-corrected chi connectivity index (χ1v) is 8.82. The van der Waals surface area contributed by atoms with Crippen LogP contribution in [0.1, 0.15) is 45.2 Å². The third-order valence-corrected chi connectivity index (χ3v) is 4.27. The van der Waals surface area contributed by atoms with Crippen LogP contribution in [0.3, 0.4) is 0 Å². The summed E-state index contributed by atoms with van der Waals surface area (Å²) in [6.07, 6.45) is 1.43. The Morgan fingerprint density at radius 2 is 1.84 bits per heavy atom. The topological polar surface area (TPSA) is 84.7 Å². The van der Waals surface area contributed by atoms with Crippen molar-refractivity contribution in [1.29, 1.82) is 0 Å². The molecule has 138 valence electrons. The van der Waals surface area contributed by atoms with Gasteiger partial charge in [0.05, 0.1) is 0 Å². The lowest BCUT2D eigenvalue weighted by molar-refractivity contribution is -0.122. The van der Waals surface area contributed by atoms with Crippen molar-refractivity contribution in [3.8, 4) is 0 Å². The number of piperidine rings is 1. The molecule has 1 aromatic carbocycles. The molecule has 1 aliphatic rings. The zero-order chi connectivity index (χ0) is 18.4. The second kappa shape index (κ2) is 8.34. The number of likely N-dealkylation sites (tertiary alicyclic amines) is 1. The minimum absolute atomic E-state index is 0.166. The van der Waals surface area contributed by atoms with E-state index in [1.54, 1.807) is 4.90 Å². The van der Waals surface area contributed by atoms with Gasteiger partial charge in [0.25, 0.3) is 0 Å². The number of nitrogens with one attached hydrogen (secondary N) is 1. The Hall–Kier alpha value is -2.08. The molecule has 0 saturated carbocycles. The van der Waals surface area contributed by atoms with Crippen molar-refractivity contribution >= 4 is 12.0 Å². The van der Waals surface area contributed by atoms with Crippen LogP contribution in [-0.2, 0) is 9.53 Å². The highest BCUT2D eigenvalue weighted by molar-refractivity contribution is 5.82. The number of benzene rings is 1. The lowest BCUT2D eigenvalue weighted by atomic mass is 9.96. The highest BCUT2D eigenvalue weighted by atomic mass is 16.6. The molecule has 0 bridgehead atoms. The van der Waals surface area contributed by atoms with Crippen molar-refractivity contribution < 1.29 is 14.3 Å². The van der Waals surface area contributed by atoms with Crippen LogP contribution in [0, 0.1) is 5.92 Å². The minimum Gasteiger partial charge on any atom is -0.444 e. The van der Waals surface area contributed by atoms with Crippen LogP contribution >= 0.6 is 0 Å². The van der Waals surface area contributed by atoms with Crippen molar-refractivity contribution in [2.45, 2.75) is 45.3 Å². The van der Waals surface area contributed by atoms with E-state index in [4.69, 9.17) is 10.5 Å². The van der Waals surface area contributed by atoms with Gasteiger partial charge in [0.2, 0.25) is 5.91 Å². The standard InChI is InChI=1S/C19H29N3O3/c1-19(2,3)25-18(24)22-11-9-14(10-12-22)13-21-17(23)16(20)15-7-5-4-6-8-15/h4-8,14,16H,9-13,20H2,1-3H3,(H,21,23)/t16-/m1/s1. The third kappa shape index (κ3) is 6.05. The van der Waals surface area contributed by atoms with E-state index < -0.39 is 11.6 Å². The van der Waals surface area contributed by atoms with Gasteiger partial charge in [-0.3, -0.25) is 4.79 Å². The summed E-state index contributed by atoms with van der Waals surface area (Å²) in [6.45, 7) is 7.48. The molecule has 0 spiro atoms. The summed E-state index contributed by atoms with van der Waals surface area (Å²) in [4.78, 5) is 26.0. The fourth-order valence-corrected chi connectivity index (χ4v) is 2.81. The number of ether oxygens (including phenoxy) is 1. The van der Waals surface area contributed by atoms with Crippen LogP contribution in [0.25, 0.3) is 0 Å². The van der Waals surface area contributed by atoms with E-state index in [1.807, 2.05) is 51.1 Å². The molecule has 2 amide bonds. The summed E-state index contributed by atoms with van der Waals surface area (Å²) in [5, 5.41) is 2.93. The van der Waals surface area contributed by atoms with Crippen molar-refractivity contribution in [3.05, 3.63) is 35.9 Å². The first kappa shape index (κ1) is 19.2. The number of nitrogens with two attached hydrogens (primary N) is 1. The molecule has 3 N–H and O–H groups in total. The van der Waals surface area contributed by atoms with E-state index in [-0.39, 0.29) is 12.0 Å². The Morgan fingerprint density at radius 1 is 1.24 bits per heavy atom. The predicted octanol–water partition coefficient (Wildman–Crippen LogP) is 2.45. The first-order valence-electron chi connectivity index (χ1n) is 8.82. The van der Waals surface area contributed by atoms with Gasteiger partial charge in [-0.2, -0.15) is 0 Å². The fraction of sp³-hybridized carbons (Fsp3) is 0.579. The predicted molar refractivity (Wildman–Crippen MR) is 96.9 cm³/mol. The Kier molecular flexibility index (Phi) is 6.42. The van der Waals surface area contributed by atoms with Gasteiger partial charge in [-0.15, -0.1) is 0 Å². The van der Waals surface area contributed by atoms with E-state index in [0.717, 1.165) is 18.4 Å². The van der Waals surface area contributed by atoms with Gasteiger partial charge in [-0.1, -0.05) is 30.3 Å². The number of hydrogen-bond acceptors (Lipinski definition) is 4. The van der Waals surface area contributed by atoms with Crippen molar-refractivity contribution in [2.24, 2.45) is 11.7 Å². The fourth-order valence-electron chi connectivity index (χ4n) is 2.81. The Bertz CT molecular complexity index is 575. The highest BCUT2D eigenvalue weighted by Gasteiger charge is 2.27. The molecule has 1 atom stereocenters. The number of carbonyl (C=O) groups excluding carboxylic acids is 2. The molecule has 1 aromatic rings. The van der Waals surface area contributed by atoms with Crippen molar-refractivity contribution in [1.82, 2.24) is 10.2 Å². The minimum atomic E-state index is -0.650. The first-order chi connectivity index (χ1) is 11.8.